The molecule has 0 aliphatic heterocycles. The number of oxazole rings is 1. The topological polar surface area (TPSA) is 83.0 Å². The normalized spacial score (nSPS) is 11.1. The van der Waals surface area contributed by atoms with E-state index in [0.717, 1.165) is 11.5 Å². The maximum Gasteiger partial charge on any atom is 0.360 e. The molecule has 2 aromatic rings. The Kier molecular flexibility index (Phi) is 3.87. The summed E-state index contributed by atoms with van der Waals surface area (Å²) in [6, 6.07) is 0. The van der Waals surface area contributed by atoms with Gasteiger partial charge in [-0.1, -0.05) is 19.1 Å². The Bertz CT molecular complexity index is 608. The molecule has 0 aliphatic carbocycles. The van der Waals surface area contributed by atoms with Gasteiger partial charge in [0.15, 0.2) is 5.69 Å². The van der Waals surface area contributed by atoms with Crippen molar-refractivity contribution in [1.29, 1.82) is 0 Å². The third-order valence-corrected chi connectivity index (χ3v) is 3.06. The standard InChI is InChI=1S/C13H18N4O3/c1-7(2)12-11(13(18)19-5)15-16-17(12)6-10-14-8(3)9(4)20-10/h7H,6H2,1-5H3. The Hall–Kier alpha value is -2.18. The van der Waals surface area contributed by atoms with Crippen LogP contribution >= 0.6 is 0 Å². The summed E-state index contributed by atoms with van der Waals surface area (Å²) in [7, 11) is 1.33. The molecule has 0 aliphatic rings. The fourth-order valence-corrected chi connectivity index (χ4v) is 1.99. The van der Waals surface area contributed by atoms with E-state index in [2.05, 4.69) is 15.3 Å². The smallest absolute Gasteiger partial charge is 0.360 e. The summed E-state index contributed by atoms with van der Waals surface area (Å²) < 4.78 is 11.9. The molecule has 2 rings (SSSR count). The quantitative estimate of drug-likeness (QED) is 0.793. The van der Waals surface area contributed by atoms with Crippen LogP contribution in [0.1, 0.15) is 53.3 Å². The lowest BCUT2D eigenvalue weighted by Gasteiger charge is -2.08. The number of aryl methyl sites for hydroxylation is 2. The molecule has 0 bridgehead atoms. The van der Waals surface area contributed by atoms with Gasteiger partial charge in [0, 0.05) is 0 Å². The summed E-state index contributed by atoms with van der Waals surface area (Å²) in [4.78, 5) is 16.0. The number of rotatable bonds is 4. The highest BCUT2D eigenvalue weighted by molar-refractivity contribution is 5.88. The van der Waals surface area contributed by atoms with Crippen LogP contribution in [-0.4, -0.2) is 33.1 Å². The fourth-order valence-electron chi connectivity index (χ4n) is 1.99. The van der Waals surface area contributed by atoms with Crippen molar-refractivity contribution in [3.63, 3.8) is 0 Å². The third-order valence-electron chi connectivity index (χ3n) is 3.06. The number of carbonyl (C=O) groups excluding carboxylic acids is 1. The molecule has 0 atom stereocenters. The van der Waals surface area contributed by atoms with Gasteiger partial charge < -0.3 is 9.15 Å². The minimum absolute atomic E-state index is 0.0799. The van der Waals surface area contributed by atoms with Crippen LogP contribution in [0.15, 0.2) is 4.42 Å². The van der Waals surface area contributed by atoms with E-state index >= 15 is 0 Å². The highest BCUT2D eigenvalue weighted by atomic mass is 16.5. The maximum absolute atomic E-state index is 11.7. The molecule has 20 heavy (non-hydrogen) atoms. The summed E-state index contributed by atoms with van der Waals surface area (Å²) in [5, 5.41) is 7.91. The van der Waals surface area contributed by atoms with Crippen molar-refractivity contribution < 1.29 is 13.9 Å². The lowest BCUT2D eigenvalue weighted by Crippen LogP contribution is -2.12. The Morgan fingerprint density at radius 1 is 1.40 bits per heavy atom. The molecule has 0 saturated carbocycles. The van der Waals surface area contributed by atoms with Crippen molar-refractivity contribution in [2.75, 3.05) is 7.11 Å². The molecule has 2 heterocycles. The zero-order valence-corrected chi connectivity index (χ0v) is 12.3. The molecular formula is C13H18N4O3. The molecule has 0 fully saturated rings. The molecule has 2 aromatic heterocycles. The van der Waals surface area contributed by atoms with Crippen LogP contribution < -0.4 is 0 Å². The predicted octanol–water partition coefficient (Wildman–Crippen LogP) is 1.84. The van der Waals surface area contributed by atoms with Gasteiger partial charge in [-0.2, -0.15) is 0 Å². The Labute approximate surface area is 116 Å². The van der Waals surface area contributed by atoms with Crippen LogP contribution in [-0.2, 0) is 11.3 Å². The SMILES string of the molecule is COC(=O)c1nnn(Cc2nc(C)c(C)o2)c1C(C)C. The summed E-state index contributed by atoms with van der Waals surface area (Å²) in [5.74, 6) is 0.915. The van der Waals surface area contributed by atoms with Gasteiger partial charge in [0.05, 0.1) is 18.5 Å². The average molecular weight is 278 g/mol. The Morgan fingerprint density at radius 3 is 2.60 bits per heavy atom. The minimum atomic E-state index is -0.486. The molecule has 0 amide bonds. The zero-order valence-electron chi connectivity index (χ0n) is 12.3. The summed E-state index contributed by atoms with van der Waals surface area (Å²) in [6.07, 6.45) is 0. The molecule has 0 radical (unpaired) electrons. The van der Waals surface area contributed by atoms with Gasteiger partial charge in [-0.15, -0.1) is 5.10 Å². The van der Waals surface area contributed by atoms with E-state index in [-0.39, 0.29) is 11.6 Å². The van der Waals surface area contributed by atoms with Crippen molar-refractivity contribution in [3.05, 3.63) is 28.7 Å². The largest absolute Gasteiger partial charge is 0.464 e. The van der Waals surface area contributed by atoms with Crippen molar-refractivity contribution >= 4 is 5.97 Å². The van der Waals surface area contributed by atoms with E-state index in [1.54, 1.807) is 4.68 Å². The molecular weight excluding hydrogens is 260 g/mol. The minimum Gasteiger partial charge on any atom is -0.464 e. The van der Waals surface area contributed by atoms with Crippen molar-refractivity contribution in [1.82, 2.24) is 20.0 Å². The monoisotopic (exact) mass is 278 g/mol. The van der Waals surface area contributed by atoms with Crippen LogP contribution in [0, 0.1) is 13.8 Å². The molecule has 108 valence electrons. The van der Waals surface area contributed by atoms with Crippen LogP contribution in [0.25, 0.3) is 0 Å². The van der Waals surface area contributed by atoms with Crippen molar-refractivity contribution in [2.24, 2.45) is 0 Å². The van der Waals surface area contributed by atoms with Gasteiger partial charge in [0.2, 0.25) is 5.89 Å². The number of methoxy groups -OCH3 is 1. The molecule has 0 saturated heterocycles. The number of esters is 1. The summed E-state index contributed by atoms with van der Waals surface area (Å²) >= 11 is 0. The number of ether oxygens (including phenoxy) is 1. The molecule has 0 unspecified atom stereocenters. The molecule has 0 spiro atoms. The molecule has 7 heteroatoms. The molecule has 7 nitrogen and oxygen atoms in total. The highest BCUT2D eigenvalue weighted by Gasteiger charge is 2.23. The van der Waals surface area contributed by atoms with E-state index in [0.29, 0.717) is 18.1 Å². The second-order valence-corrected chi connectivity index (χ2v) is 4.88. The lowest BCUT2D eigenvalue weighted by atomic mass is 10.1. The summed E-state index contributed by atoms with van der Waals surface area (Å²) in [5.41, 5.74) is 1.80. The summed E-state index contributed by atoms with van der Waals surface area (Å²) in [6.45, 7) is 8.01. The van der Waals surface area contributed by atoms with E-state index in [9.17, 15) is 4.79 Å². The number of hydrogen-bond donors (Lipinski definition) is 0. The molecule has 0 N–H and O–H groups in total. The van der Waals surface area contributed by atoms with E-state index in [1.807, 2.05) is 27.7 Å². The van der Waals surface area contributed by atoms with E-state index < -0.39 is 5.97 Å². The van der Waals surface area contributed by atoms with Crippen LogP contribution in [0.5, 0.6) is 0 Å². The van der Waals surface area contributed by atoms with Crippen molar-refractivity contribution in [2.45, 2.75) is 40.2 Å². The maximum atomic E-state index is 11.7. The van der Waals surface area contributed by atoms with Gasteiger partial charge in [0.25, 0.3) is 0 Å². The molecule has 0 aromatic carbocycles. The number of nitrogens with zero attached hydrogens (tertiary/aromatic N) is 4. The number of aromatic nitrogens is 4. The Morgan fingerprint density at radius 2 is 2.10 bits per heavy atom. The fraction of sp³-hybridized carbons (Fsp3) is 0.538. The number of hydrogen-bond acceptors (Lipinski definition) is 6. The van der Waals surface area contributed by atoms with Gasteiger partial charge in [-0.3, -0.25) is 0 Å². The van der Waals surface area contributed by atoms with E-state index in [1.165, 1.54) is 7.11 Å². The Balaban J connectivity index is 2.37. The van der Waals surface area contributed by atoms with Gasteiger partial charge >= 0.3 is 5.97 Å². The van der Waals surface area contributed by atoms with Crippen molar-refractivity contribution in [3.8, 4) is 0 Å². The third kappa shape index (κ3) is 2.56. The lowest BCUT2D eigenvalue weighted by molar-refractivity contribution is 0.0592. The van der Waals surface area contributed by atoms with Gasteiger partial charge in [-0.25, -0.2) is 14.5 Å². The zero-order chi connectivity index (χ0) is 14.9. The first kappa shape index (κ1) is 14.2. The first-order valence-electron chi connectivity index (χ1n) is 6.38. The predicted molar refractivity (Wildman–Crippen MR) is 70.5 cm³/mol. The van der Waals surface area contributed by atoms with Gasteiger partial charge in [-0.05, 0) is 19.8 Å². The number of carbonyl (C=O) groups is 1. The second-order valence-electron chi connectivity index (χ2n) is 4.88. The average Bonchev–Trinajstić information content (AvgIpc) is 2.93. The van der Waals surface area contributed by atoms with Crippen LogP contribution in [0.3, 0.4) is 0 Å². The van der Waals surface area contributed by atoms with Gasteiger partial charge in [0.1, 0.15) is 12.3 Å². The second kappa shape index (κ2) is 5.44. The van der Waals surface area contributed by atoms with E-state index in [4.69, 9.17) is 9.15 Å². The first-order valence-corrected chi connectivity index (χ1v) is 6.38. The first-order chi connectivity index (χ1) is 9.43. The highest BCUT2D eigenvalue weighted by Crippen LogP contribution is 2.20. The van der Waals surface area contributed by atoms with Crippen LogP contribution in [0.4, 0.5) is 0 Å². The van der Waals surface area contributed by atoms with Crippen LogP contribution in [0.2, 0.25) is 0 Å².